The summed E-state index contributed by atoms with van der Waals surface area (Å²) in [6.45, 7) is 0. The van der Waals surface area contributed by atoms with E-state index in [2.05, 4.69) is 4.98 Å². The molecule has 0 aliphatic rings. The minimum Gasteiger partial charge on any atom is -0.319 e. The van der Waals surface area contributed by atoms with E-state index in [1.807, 2.05) is 0 Å². The summed E-state index contributed by atoms with van der Waals surface area (Å²) in [5.74, 6) is -0.742. The van der Waals surface area contributed by atoms with E-state index in [9.17, 15) is 9.18 Å². The standard InChI is InChI=1S/C9H6FNO.CHNO/c10-7-5-6-3-1-2-4-8(6)11-9(7)12;2-1-3/h1-5H,(H,11,12);2H. The van der Waals surface area contributed by atoms with Crippen molar-refractivity contribution in [1.29, 1.82) is 5.41 Å². The smallest absolute Gasteiger partial charge is 0.284 e. The topological polar surface area (TPSA) is 73.8 Å². The van der Waals surface area contributed by atoms with Crippen molar-refractivity contribution in [3.05, 3.63) is 46.5 Å². The second-order valence-corrected chi connectivity index (χ2v) is 2.64. The first kappa shape index (κ1) is 10.8. The molecule has 5 heteroatoms. The zero-order valence-corrected chi connectivity index (χ0v) is 7.58. The maximum absolute atomic E-state index is 12.7. The van der Waals surface area contributed by atoms with Gasteiger partial charge < -0.3 is 4.98 Å². The minimum atomic E-state index is -0.742. The van der Waals surface area contributed by atoms with Crippen LogP contribution in [-0.4, -0.2) is 11.1 Å². The van der Waals surface area contributed by atoms with Gasteiger partial charge in [0.1, 0.15) is 0 Å². The number of pyridine rings is 1. The molecule has 2 N–H and O–H groups in total. The molecule has 2 aromatic rings. The second-order valence-electron chi connectivity index (χ2n) is 2.64. The molecular weight excluding hydrogens is 199 g/mol. The number of aromatic amines is 1. The minimum absolute atomic E-state index is 0.656. The van der Waals surface area contributed by atoms with Crippen LogP contribution in [0.3, 0.4) is 0 Å². The SMILES string of the molecule is N=C=O.O=c1[nH]c2ccccc2cc1F. The summed E-state index contributed by atoms with van der Waals surface area (Å²) in [5.41, 5.74) is -0.0161. The average Bonchev–Trinajstić information content (AvgIpc) is 2.21. The molecule has 1 aromatic heterocycles. The lowest BCUT2D eigenvalue weighted by molar-refractivity contribution is 0.563. The summed E-state index contributed by atoms with van der Waals surface area (Å²) in [6, 6.07) is 8.29. The van der Waals surface area contributed by atoms with Crippen molar-refractivity contribution in [3.8, 4) is 0 Å². The number of aromatic nitrogens is 1. The molecule has 76 valence electrons. The van der Waals surface area contributed by atoms with E-state index in [1.54, 1.807) is 24.3 Å². The Labute approximate surface area is 83.9 Å². The van der Waals surface area contributed by atoms with Crippen LogP contribution in [0.25, 0.3) is 10.9 Å². The third-order valence-corrected chi connectivity index (χ3v) is 1.71. The maximum atomic E-state index is 12.7. The van der Waals surface area contributed by atoms with Gasteiger partial charge in [0.25, 0.3) is 5.56 Å². The third-order valence-electron chi connectivity index (χ3n) is 1.71. The van der Waals surface area contributed by atoms with Crippen LogP contribution in [0.5, 0.6) is 0 Å². The molecule has 1 heterocycles. The molecule has 0 fully saturated rings. The Hall–Kier alpha value is -2.26. The summed E-state index contributed by atoms with van der Waals surface area (Å²) in [4.78, 5) is 21.6. The highest BCUT2D eigenvalue weighted by Gasteiger charge is 1.98. The Morgan fingerprint density at radius 2 is 1.93 bits per heavy atom. The van der Waals surface area contributed by atoms with Gasteiger partial charge in [-0.05, 0) is 12.1 Å². The molecule has 0 saturated carbocycles. The fourth-order valence-corrected chi connectivity index (χ4v) is 1.12. The number of fused-ring (bicyclic) bond motifs is 1. The number of rotatable bonds is 0. The zero-order chi connectivity index (χ0) is 11.3. The van der Waals surface area contributed by atoms with Crippen LogP contribution in [0.2, 0.25) is 0 Å². The van der Waals surface area contributed by atoms with Gasteiger partial charge in [0.05, 0.1) is 0 Å². The highest BCUT2D eigenvalue weighted by molar-refractivity contribution is 5.77. The highest BCUT2D eigenvalue weighted by atomic mass is 19.1. The van der Waals surface area contributed by atoms with Gasteiger partial charge in [0.15, 0.2) is 5.82 Å². The fourth-order valence-electron chi connectivity index (χ4n) is 1.12. The first-order chi connectivity index (χ1) is 7.19. The molecule has 0 saturated heterocycles. The molecule has 15 heavy (non-hydrogen) atoms. The number of nitrogens with one attached hydrogen (secondary N) is 2. The lowest BCUT2D eigenvalue weighted by Crippen LogP contribution is -2.09. The predicted molar refractivity (Wildman–Crippen MR) is 52.9 cm³/mol. The monoisotopic (exact) mass is 206 g/mol. The first-order valence-corrected chi connectivity index (χ1v) is 4.00. The van der Waals surface area contributed by atoms with Gasteiger partial charge >= 0.3 is 0 Å². The molecule has 0 unspecified atom stereocenters. The number of para-hydroxylation sites is 1. The molecule has 0 spiro atoms. The average molecular weight is 206 g/mol. The Kier molecular flexibility index (Phi) is 3.49. The van der Waals surface area contributed by atoms with Crippen LogP contribution in [0.4, 0.5) is 4.39 Å². The predicted octanol–water partition coefficient (Wildman–Crippen LogP) is 1.57. The van der Waals surface area contributed by atoms with Crippen molar-refractivity contribution in [2.45, 2.75) is 0 Å². The van der Waals surface area contributed by atoms with E-state index in [0.29, 0.717) is 10.9 Å². The Balaban J connectivity index is 0.000000337. The van der Waals surface area contributed by atoms with Gasteiger partial charge in [-0.3, -0.25) is 4.79 Å². The van der Waals surface area contributed by atoms with Crippen molar-refractivity contribution >= 4 is 17.0 Å². The third kappa shape index (κ3) is 2.59. The van der Waals surface area contributed by atoms with Crippen LogP contribution in [0.15, 0.2) is 35.1 Å². The van der Waals surface area contributed by atoms with E-state index in [4.69, 9.17) is 10.2 Å². The largest absolute Gasteiger partial charge is 0.319 e. The van der Waals surface area contributed by atoms with Crippen LogP contribution in [0, 0.1) is 11.2 Å². The summed E-state index contributed by atoms with van der Waals surface area (Å²) >= 11 is 0. The van der Waals surface area contributed by atoms with Crippen molar-refractivity contribution in [3.63, 3.8) is 0 Å². The summed E-state index contributed by atoms with van der Waals surface area (Å²) < 4.78 is 12.7. The molecule has 0 bridgehead atoms. The fraction of sp³-hybridized carbons (Fsp3) is 0. The van der Waals surface area contributed by atoms with Crippen molar-refractivity contribution < 1.29 is 9.18 Å². The number of H-pyrrole nitrogens is 1. The quantitative estimate of drug-likeness (QED) is 0.507. The lowest BCUT2D eigenvalue weighted by atomic mass is 10.2. The van der Waals surface area contributed by atoms with E-state index in [-0.39, 0.29) is 0 Å². The molecule has 4 nitrogen and oxygen atoms in total. The number of hydrogen-bond acceptors (Lipinski definition) is 3. The zero-order valence-electron chi connectivity index (χ0n) is 7.58. The number of benzene rings is 1. The van der Waals surface area contributed by atoms with Gasteiger partial charge in [-0.15, -0.1) is 0 Å². The molecule has 1 aromatic carbocycles. The van der Waals surface area contributed by atoms with Crippen molar-refractivity contribution in [2.24, 2.45) is 0 Å². The van der Waals surface area contributed by atoms with Crippen LogP contribution in [-0.2, 0) is 4.79 Å². The first-order valence-electron chi connectivity index (χ1n) is 4.00. The molecule has 0 radical (unpaired) electrons. The van der Waals surface area contributed by atoms with E-state index in [1.165, 1.54) is 6.07 Å². The van der Waals surface area contributed by atoms with Crippen LogP contribution >= 0.6 is 0 Å². The second kappa shape index (κ2) is 4.83. The van der Waals surface area contributed by atoms with E-state index in [0.717, 1.165) is 6.08 Å². The molecule has 0 aliphatic carbocycles. The Morgan fingerprint density at radius 3 is 2.60 bits per heavy atom. The lowest BCUT2D eigenvalue weighted by Gasteiger charge is -1.95. The molecular formula is C10H7FN2O2. The number of halogens is 1. The summed E-state index contributed by atoms with van der Waals surface area (Å²) in [6.07, 6.45) is 0.750. The van der Waals surface area contributed by atoms with Gasteiger partial charge in [-0.2, -0.15) is 0 Å². The molecule has 0 aliphatic heterocycles. The Bertz CT molecular complexity index is 557. The molecule has 0 atom stereocenters. The van der Waals surface area contributed by atoms with Gasteiger partial charge in [0.2, 0.25) is 6.08 Å². The highest BCUT2D eigenvalue weighted by Crippen LogP contribution is 2.08. The van der Waals surface area contributed by atoms with Crippen LogP contribution in [0.1, 0.15) is 0 Å². The van der Waals surface area contributed by atoms with Gasteiger partial charge in [-0.1, -0.05) is 18.2 Å². The number of hydrogen-bond donors (Lipinski definition) is 2. The molecule has 2 rings (SSSR count). The van der Waals surface area contributed by atoms with Gasteiger partial charge in [0, 0.05) is 10.9 Å². The number of carbonyl (C=O) groups excluding carboxylic acids is 1. The Morgan fingerprint density at radius 1 is 1.33 bits per heavy atom. The molecule has 0 amide bonds. The van der Waals surface area contributed by atoms with Crippen molar-refractivity contribution in [1.82, 2.24) is 4.98 Å². The van der Waals surface area contributed by atoms with Crippen molar-refractivity contribution in [2.75, 3.05) is 0 Å². The van der Waals surface area contributed by atoms with E-state index < -0.39 is 11.4 Å². The van der Waals surface area contributed by atoms with Gasteiger partial charge in [-0.25, -0.2) is 14.6 Å². The van der Waals surface area contributed by atoms with E-state index >= 15 is 0 Å². The number of isocyanates is 1. The summed E-state index contributed by atoms with van der Waals surface area (Å²) in [7, 11) is 0. The normalized spacial score (nSPS) is 8.87. The maximum Gasteiger partial charge on any atom is 0.284 e. The summed E-state index contributed by atoms with van der Waals surface area (Å²) in [5, 5.41) is 6.11. The van der Waals surface area contributed by atoms with Crippen LogP contribution < -0.4 is 5.56 Å².